The Bertz CT molecular complexity index is 1600. The normalized spacial score (nSPS) is 11.2. The molecule has 0 aliphatic carbocycles. The van der Waals surface area contributed by atoms with E-state index >= 15 is 0 Å². The van der Waals surface area contributed by atoms with E-state index in [0.717, 1.165) is 33.6 Å². The van der Waals surface area contributed by atoms with Gasteiger partial charge in [-0.3, -0.25) is 4.98 Å². The molecule has 0 saturated heterocycles. The maximum absolute atomic E-state index is 6.31. The molecule has 0 amide bonds. The highest BCUT2D eigenvalue weighted by Crippen LogP contribution is 2.42. The van der Waals surface area contributed by atoms with E-state index in [0.29, 0.717) is 28.6 Å². The summed E-state index contributed by atoms with van der Waals surface area (Å²) < 4.78 is 18.6. The van der Waals surface area contributed by atoms with Crippen molar-refractivity contribution in [1.29, 1.82) is 0 Å². The number of hydrogen-bond acceptors (Lipinski definition) is 7. The number of benzene rings is 2. The first kappa shape index (κ1) is 19.9. The van der Waals surface area contributed by atoms with Gasteiger partial charge in [0.15, 0.2) is 5.65 Å². The van der Waals surface area contributed by atoms with Gasteiger partial charge in [0.1, 0.15) is 29.3 Å². The lowest BCUT2D eigenvalue weighted by Crippen LogP contribution is -1.91. The first-order valence-corrected chi connectivity index (χ1v) is 10.6. The molecule has 0 N–H and O–H groups in total. The maximum Gasteiger partial charge on any atom is 0.232 e. The molecule has 166 valence electrons. The molecule has 6 rings (SSSR count). The monoisotopic (exact) mass is 449 g/mol. The Hall–Kier alpha value is -4.72. The summed E-state index contributed by atoms with van der Waals surface area (Å²) in [6, 6.07) is 21.2. The van der Waals surface area contributed by atoms with Crippen LogP contribution in [0, 0.1) is 0 Å². The first-order valence-electron chi connectivity index (χ1n) is 10.6. The predicted octanol–water partition coefficient (Wildman–Crippen LogP) is 5.28. The van der Waals surface area contributed by atoms with Crippen molar-refractivity contribution in [2.45, 2.75) is 0 Å². The highest BCUT2D eigenvalue weighted by molar-refractivity contribution is 6.07. The SMILES string of the molecule is COc1ccc(-c2oc3ncn4nc(-c5ccccn5)nc4c3c2-c2ccc(OC)cc2)cc1. The molecule has 0 radical (unpaired) electrons. The topological polar surface area (TPSA) is 87.6 Å². The summed E-state index contributed by atoms with van der Waals surface area (Å²) in [5.74, 6) is 2.74. The van der Waals surface area contributed by atoms with Crippen LogP contribution in [-0.4, -0.2) is 38.8 Å². The second kappa shape index (κ2) is 8.00. The van der Waals surface area contributed by atoms with Crippen molar-refractivity contribution < 1.29 is 13.9 Å². The van der Waals surface area contributed by atoms with Crippen LogP contribution in [0.3, 0.4) is 0 Å². The lowest BCUT2D eigenvalue weighted by molar-refractivity contribution is 0.414. The predicted molar refractivity (Wildman–Crippen MR) is 128 cm³/mol. The van der Waals surface area contributed by atoms with E-state index in [1.54, 1.807) is 31.3 Å². The molecule has 2 aromatic carbocycles. The number of fused-ring (bicyclic) bond motifs is 3. The number of aromatic nitrogens is 5. The largest absolute Gasteiger partial charge is 0.497 e. The van der Waals surface area contributed by atoms with Gasteiger partial charge in [0, 0.05) is 17.3 Å². The Labute approximate surface area is 194 Å². The lowest BCUT2D eigenvalue weighted by Gasteiger charge is -2.06. The van der Waals surface area contributed by atoms with Gasteiger partial charge in [-0.15, -0.1) is 5.10 Å². The van der Waals surface area contributed by atoms with Crippen molar-refractivity contribution in [2.24, 2.45) is 0 Å². The molecule has 4 heterocycles. The molecule has 34 heavy (non-hydrogen) atoms. The fraction of sp³-hybridized carbons (Fsp3) is 0.0769. The Kier molecular flexibility index (Phi) is 4.69. The number of pyridine rings is 1. The molecule has 0 saturated carbocycles. The van der Waals surface area contributed by atoms with Crippen LogP contribution in [-0.2, 0) is 0 Å². The highest BCUT2D eigenvalue weighted by Gasteiger charge is 2.23. The van der Waals surface area contributed by atoms with Gasteiger partial charge in [0.05, 0.1) is 19.6 Å². The number of rotatable bonds is 5. The molecule has 0 atom stereocenters. The van der Waals surface area contributed by atoms with Crippen molar-refractivity contribution in [2.75, 3.05) is 14.2 Å². The molecule has 0 spiro atoms. The first-order chi connectivity index (χ1) is 16.7. The van der Waals surface area contributed by atoms with E-state index in [2.05, 4.69) is 15.1 Å². The third-order valence-electron chi connectivity index (χ3n) is 5.65. The number of methoxy groups -OCH3 is 2. The molecule has 6 aromatic rings. The Morgan fingerprint density at radius 1 is 0.794 bits per heavy atom. The van der Waals surface area contributed by atoms with E-state index in [1.165, 1.54) is 0 Å². The third-order valence-corrected chi connectivity index (χ3v) is 5.65. The minimum Gasteiger partial charge on any atom is -0.497 e. The Morgan fingerprint density at radius 2 is 1.50 bits per heavy atom. The Morgan fingerprint density at radius 3 is 2.15 bits per heavy atom. The van der Waals surface area contributed by atoms with Crippen LogP contribution in [0.1, 0.15) is 0 Å². The molecule has 0 unspecified atom stereocenters. The van der Waals surface area contributed by atoms with Crippen molar-refractivity contribution in [1.82, 2.24) is 24.6 Å². The van der Waals surface area contributed by atoms with E-state index in [-0.39, 0.29) is 0 Å². The minimum atomic E-state index is 0.476. The zero-order chi connectivity index (χ0) is 23.1. The molecule has 8 heteroatoms. The van der Waals surface area contributed by atoms with E-state index < -0.39 is 0 Å². The van der Waals surface area contributed by atoms with Crippen LogP contribution < -0.4 is 9.47 Å². The summed E-state index contributed by atoms with van der Waals surface area (Å²) in [6.07, 6.45) is 3.33. The molecular formula is C26H19N5O3. The average Bonchev–Trinajstić information content (AvgIpc) is 3.51. The zero-order valence-electron chi connectivity index (χ0n) is 18.5. The molecule has 0 aliphatic rings. The summed E-state index contributed by atoms with van der Waals surface area (Å²) in [4.78, 5) is 13.7. The highest BCUT2D eigenvalue weighted by atomic mass is 16.5. The van der Waals surface area contributed by atoms with E-state index in [1.807, 2.05) is 66.7 Å². The van der Waals surface area contributed by atoms with Crippen LogP contribution in [0.25, 0.3) is 50.7 Å². The second-order valence-electron chi connectivity index (χ2n) is 7.61. The molecule has 0 bridgehead atoms. The molecule has 0 aliphatic heterocycles. The van der Waals surface area contributed by atoms with Crippen LogP contribution in [0.5, 0.6) is 11.5 Å². The van der Waals surface area contributed by atoms with Crippen LogP contribution in [0.4, 0.5) is 0 Å². The van der Waals surface area contributed by atoms with Gasteiger partial charge in [-0.05, 0) is 54.1 Å². The summed E-state index contributed by atoms with van der Waals surface area (Å²) in [5.41, 5.74) is 4.52. The van der Waals surface area contributed by atoms with Gasteiger partial charge in [-0.1, -0.05) is 18.2 Å². The Balaban J connectivity index is 1.64. The number of furan rings is 1. The van der Waals surface area contributed by atoms with Crippen molar-refractivity contribution in [3.05, 3.63) is 79.3 Å². The van der Waals surface area contributed by atoms with Crippen molar-refractivity contribution in [3.8, 4) is 45.5 Å². The fourth-order valence-electron chi connectivity index (χ4n) is 3.98. The molecular weight excluding hydrogens is 430 g/mol. The fourth-order valence-corrected chi connectivity index (χ4v) is 3.98. The van der Waals surface area contributed by atoms with Gasteiger partial charge < -0.3 is 13.9 Å². The maximum atomic E-state index is 6.31. The van der Waals surface area contributed by atoms with E-state index in [4.69, 9.17) is 18.9 Å². The van der Waals surface area contributed by atoms with Crippen LogP contribution in [0.15, 0.2) is 83.7 Å². The minimum absolute atomic E-state index is 0.476. The quantitative estimate of drug-likeness (QED) is 0.354. The molecule has 4 aromatic heterocycles. The van der Waals surface area contributed by atoms with Crippen molar-refractivity contribution >= 4 is 16.7 Å². The van der Waals surface area contributed by atoms with Gasteiger partial charge >= 0.3 is 0 Å². The number of nitrogens with zero attached hydrogens (tertiary/aromatic N) is 5. The summed E-state index contributed by atoms with van der Waals surface area (Å²) in [5, 5.41) is 5.37. The van der Waals surface area contributed by atoms with Gasteiger partial charge in [-0.25, -0.2) is 14.5 Å². The lowest BCUT2D eigenvalue weighted by atomic mass is 9.99. The third kappa shape index (κ3) is 3.24. The summed E-state index contributed by atoms with van der Waals surface area (Å²) >= 11 is 0. The zero-order valence-corrected chi connectivity index (χ0v) is 18.5. The second-order valence-corrected chi connectivity index (χ2v) is 7.61. The smallest absolute Gasteiger partial charge is 0.232 e. The average molecular weight is 449 g/mol. The number of hydrogen-bond donors (Lipinski definition) is 0. The van der Waals surface area contributed by atoms with Crippen LogP contribution >= 0.6 is 0 Å². The molecule has 0 fully saturated rings. The standard InChI is InChI=1S/C26H19N5O3/c1-32-18-10-6-16(7-11-18)21-22-25-29-24(20-5-3-4-14-27-20)30-31(25)15-28-26(22)34-23(21)17-8-12-19(33-2)13-9-17/h3-15H,1-2H3. The summed E-state index contributed by atoms with van der Waals surface area (Å²) in [6.45, 7) is 0. The van der Waals surface area contributed by atoms with Gasteiger partial charge in [-0.2, -0.15) is 0 Å². The molecule has 8 nitrogen and oxygen atoms in total. The number of ether oxygens (including phenoxy) is 2. The van der Waals surface area contributed by atoms with E-state index in [9.17, 15) is 0 Å². The van der Waals surface area contributed by atoms with Gasteiger partial charge in [0.2, 0.25) is 11.5 Å². The van der Waals surface area contributed by atoms with Crippen LogP contribution in [0.2, 0.25) is 0 Å². The van der Waals surface area contributed by atoms with Gasteiger partial charge in [0.25, 0.3) is 0 Å². The summed E-state index contributed by atoms with van der Waals surface area (Å²) in [7, 11) is 3.29. The van der Waals surface area contributed by atoms with Crippen molar-refractivity contribution in [3.63, 3.8) is 0 Å².